The van der Waals surface area contributed by atoms with E-state index in [0.717, 1.165) is 35.2 Å². The number of nitrogens with zero attached hydrogens (tertiary/aromatic N) is 3. The minimum absolute atomic E-state index is 0.0815. The molecule has 0 spiro atoms. The molecule has 0 saturated heterocycles. The lowest BCUT2D eigenvalue weighted by molar-refractivity contribution is 0.0760. The van der Waals surface area contributed by atoms with Crippen LogP contribution in [0.5, 0.6) is 0 Å². The van der Waals surface area contributed by atoms with Gasteiger partial charge in [0.25, 0.3) is 0 Å². The average Bonchev–Trinajstić information content (AvgIpc) is 2.99. The number of H-pyrrole nitrogens is 1. The van der Waals surface area contributed by atoms with E-state index in [0.29, 0.717) is 6.61 Å². The van der Waals surface area contributed by atoms with Gasteiger partial charge in [0, 0.05) is 30.8 Å². The number of rotatable bonds is 7. The van der Waals surface area contributed by atoms with E-state index >= 15 is 0 Å². The number of hydrogen-bond donors (Lipinski definition) is 1. The molecule has 2 heterocycles. The van der Waals surface area contributed by atoms with Crippen molar-refractivity contribution in [1.29, 1.82) is 0 Å². The molecule has 1 N–H and O–H groups in total. The second-order valence-corrected chi connectivity index (χ2v) is 5.88. The number of hydrogen-bond acceptors (Lipinski definition) is 5. The molecular weight excluding hydrogens is 272 g/mol. The van der Waals surface area contributed by atoms with E-state index in [2.05, 4.69) is 38.6 Å². The van der Waals surface area contributed by atoms with Gasteiger partial charge in [0.05, 0.1) is 11.4 Å². The Morgan fingerprint density at radius 2 is 2.15 bits per heavy atom. The number of aryl methyl sites for hydroxylation is 1. The van der Waals surface area contributed by atoms with Gasteiger partial charge in [0.15, 0.2) is 0 Å². The number of ether oxygens (including phenoxy) is 1. The lowest BCUT2D eigenvalue weighted by Crippen LogP contribution is -2.17. The minimum atomic E-state index is 0.0815. The molecule has 0 aliphatic heterocycles. The van der Waals surface area contributed by atoms with Crippen LogP contribution in [0.15, 0.2) is 11.4 Å². The van der Waals surface area contributed by atoms with Crippen LogP contribution in [0.4, 0.5) is 0 Å². The SMILES string of the molecule is CCOC(C)c1nc(CN(C)Cc2cc(C)[nH]n2)cs1. The third-order valence-corrected chi connectivity index (χ3v) is 4.01. The van der Waals surface area contributed by atoms with Crippen LogP contribution < -0.4 is 0 Å². The topological polar surface area (TPSA) is 54.0 Å². The third kappa shape index (κ3) is 4.13. The van der Waals surface area contributed by atoms with Crippen molar-refractivity contribution in [3.8, 4) is 0 Å². The number of aromatic amines is 1. The zero-order chi connectivity index (χ0) is 14.5. The van der Waals surface area contributed by atoms with Crippen LogP contribution >= 0.6 is 11.3 Å². The maximum absolute atomic E-state index is 5.56. The molecule has 0 bridgehead atoms. The van der Waals surface area contributed by atoms with E-state index in [1.165, 1.54) is 0 Å². The molecule has 2 aromatic rings. The van der Waals surface area contributed by atoms with E-state index in [9.17, 15) is 0 Å². The standard InChI is InChI=1S/C14H22N4OS/c1-5-19-11(3)14-15-13(9-20-14)8-18(4)7-12-6-10(2)16-17-12/h6,9,11H,5,7-8H2,1-4H3,(H,16,17). The summed E-state index contributed by atoms with van der Waals surface area (Å²) in [7, 11) is 2.08. The molecule has 110 valence electrons. The van der Waals surface area contributed by atoms with E-state index < -0.39 is 0 Å². The molecule has 2 rings (SSSR count). The Kier molecular flexibility index (Phi) is 5.28. The van der Waals surface area contributed by atoms with Gasteiger partial charge in [0.2, 0.25) is 0 Å². The fourth-order valence-electron chi connectivity index (χ4n) is 2.07. The zero-order valence-electron chi connectivity index (χ0n) is 12.5. The summed E-state index contributed by atoms with van der Waals surface area (Å²) in [6, 6.07) is 2.07. The molecule has 0 fully saturated rings. The van der Waals surface area contributed by atoms with Gasteiger partial charge in [-0.1, -0.05) is 0 Å². The molecule has 0 aliphatic rings. The van der Waals surface area contributed by atoms with Crippen LogP contribution in [0.2, 0.25) is 0 Å². The summed E-state index contributed by atoms with van der Waals surface area (Å²) in [6.45, 7) is 8.42. The largest absolute Gasteiger partial charge is 0.372 e. The number of nitrogens with one attached hydrogen (secondary N) is 1. The van der Waals surface area contributed by atoms with Gasteiger partial charge in [-0.15, -0.1) is 11.3 Å². The normalized spacial score (nSPS) is 13.1. The van der Waals surface area contributed by atoms with Gasteiger partial charge >= 0.3 is 0 Å². The van der Waals surface area contributed by atoms with Gasteiger partial charge in [-0.05, 0) is 33.9 Å². The van der Waals surface area contributed by atoms with Crippen molar-refractivity contribution in [2.24, 2.45) is 0 Å². The molecule has 0 aromatic carbocycles. The highest BCUT2D eigenvalue weighted by molar-refractivity contribution is 7.09. The maximum atomic E-state index is 5.56. The summed E-state index contributed by atoms with van der Waals surface area (Å²) < 4.78 is 5.56. The zero-order valence-corrected chi connectivity index (χ0v) is 13.3. The average molecular weight is 294 g/mol. The van der Waals surface area contributed by atoms with Gasteiger partial charge in [-0.3, -0.25) is 10.00 Å². The fourth-order valence-corrected chi connectivity index (χ4v) is 2.88. The van der Waals surface area contributed by atoms with Crippen LogP contribution in [0, 0.1) is 6.92 Å². The Hall–Kier alpha value is -1.24. The van der Waals surface area contributed by atoms with Crippen LogP contribution in [-0.2, 0) is 17.8 Å². The lowest BCUT2D eigenvalue weighted by atomic mass is 10.3. The number of aromatic nitrogens is 3. The molecule has 2 aromatic heterocycles. The molecule has 1 unspecified atom stereocenters. The van der Waals surface area contributed by atoms with Gasteiger partial charge in [-0.2, -0.15) is 5.10 Å². The first-order chi connectivity index (χ1) is 9.58. The van der Waals surface area contributed by atoms with E-state index in [4.69, 9.17) is 4.74 Å². The first kappa shape index (κ1) is 15.2. The van der Waals surface area contributed by atoms with Crippen LogP contribution in [0.3, 0.4) is 0 Å². The van der Waals surface area contributed by atoms with E-state index in [1.807, 2.05) is 20.8 Å². The van der Waals surface area contributed by atoms with Gasteiger partial charge < -0.3 is 4.74 Å². The molecule has 6 heteroatoms. The third-order valence-electron chi connectivity index (χ3n) is 2.96. The Morgan fingerprint density at radius 3 is 2.80 bits per heavy atom. The number of thiazole rings is 1. The fraction of sp³-hybridized carbons (Fsp3) is 0.571. The minimum Gasteiger partial charge on any atom is -0.372 e. The first-order valence-corrected chi connectivity index (χ1v) is 7.71. The van der Waals surface area contributed by atoms with Crippen molar-refractivity contribution in [1.82, 2.24) is 20.1 Å². The predicted molar refractivity (Wildman–Crippen MR) is 80.7 cm³/mol. The summed E-state index contributed by atoms with van der Waals surface area (Å²) in [5.41, 5.74) is 3.24. The summed E-state index contributed by atoms with van der Waals surface area (Å²) >= 11 is 1.67. The Morgan fingerprint density at radius 1 is 1.40 bits per heavy atom. The van der Waals surface area contributed by atoms with Crippen molar-refractivity contribution in [2.75, 3.05) is 13.7 Å². The van der Waals surface area contributed by atoms with Crippen molar-refractivity contribution >= 4 is 11.3 Å². The van der Waals surface area contributed by atoms with E-state index in [1.54, 1.807) is 11.3 Å². The predicted octanol–water partition coefficient (Wildman–Crippen LogP) is 2.90. The van der Waals surface area contributed by atoms with E-state index in [-0.39, 0.29) is 6.10 Å². The molecule has 0 aliphatic carbocycles. The summed E-state index contributed by atoms with van der Waals surface area (Å²) in [4.78, 5) is 6.85. The smallest absolute Gasteiger partial charge is 0.122 e. The summed E-state index contributed by atoms with van der Waals surface area (Å²) in [6.07, 6.45) is 0.0815. The summed E-state index contributed by atoms with van der Waals surface area (Å²) in [5, 5.41) is 10.4. The van der Waals surface area contributed by atoms with Gasteiger partial charge in [-0.25, -0.2) is 4.98 Å². The summed E-state index contributed by atoms with van der Waals surface area (Å²) in [5.74, 6) is 0. The molecule has 0 amide bonds. The van der Waals surface area contributed by atoms with Crippen molar-refractivity contribution in [3.05, 3.63) is 33.5 Å². The van der Waals surface area contributed by atoms with Crippen LogP contribution in [0.1, 0.15) is 42.0 Å². The molecule has 5 nitrogen and oxygen atoms in total. The highest BCUT2D eigenvalue weighted by Crippen LogP contribution is 2.21. The highest BCUT2D eigenvalue weighted by Gasteiger charge is 2.12. The first-order valence-electron chi connectivity index (χ1n) is 6.83. The van der Waals surface area contributed by atoms with Gasteiger partial charge in [0.1, 0.15) is 11.1 Å². The molecular formula is C14H22N4OS. The second-order valence-electron chi connectivity index (χ2n) is 4.99. The quantitative estimate of drug-likeness (QED) is 0.853. The lowest BCUT2D eigenvalue weighted by Gasteiger charge is -2.13. The Labute approximate surface area is 124 Å². The molecule has 20 heavy (non-hydrogen) atoms. The Balaban J connectivity index is 1.89. The van der Waals surface area contributed by atoms with Crippen LogP contribution in [0.25, 0.3) is 0 Å². The molecule has 1 atom stereocenters. The van der Waals surface area contributed by atoms with Crippen LogP contribution in [-0.4, -0.2) is 33.7 Å². The second kappa shape index (κ2) is 6.97. The van der Waals surface area contributed by atoms with Crippen molar-refractivity contribution < 1.29 is 4.74 Å². The molecule has 0 radical (unpaired) electrons. The highest BCUT2D eigenvalue weighted by atomic mass is 32.1. The Bertz CT molecular complexity index is 537. The van der Waals surface area contributed by atoms with Crippen molar-refractivity contribution in [3.63, 3.8) is 0 Å². The monoisotopic (exact) mass is 294 g/mol. The van der Waals surface area contributed by atoms with Crippen molar-refractivity contribution in [2.45, 2.75) is 40.0 Å². The maximum Gasteiger partial charge on any atom is 0.122 e. The molecule has 0 saturated carbocycles.